The molecule has 0 saturated heterocycles. The van der Waals surface area contributed by atoms with Crippen molar-refractivity contribution < 1.29 is 5.11 Å². The van der Waals surface area contributed by atoms with Gasteiger partial charge in [-0.05, 0) is 63.6 Å². The number of hydrogen-bond donors (Lipinski definition) is 1. The molecule has 0 aromatic heterocycles. The Bertz CT molecular complexity index is 1320. The highest BCUT2D eigenvalue weighted by Crippen LogP contribution is 2.55. The second-order valence-electron chi connectivity index (χ2n) is 10.7. The zero-order valence-corrected chi connectivity index (χ0v) is 22.0. The van der Waals surface area contributed by atoms with Gasteiger partial charge in [-0.1, -0.05) is 132 Å². The van der Waals surface area contributed by atoms with Crippen molar-refractivity contribution in [2.75, 3.05) is 0 Å². The first-order valence-electron chi connectivity index (χ1n) is 14.1. The van der Waals surface area contributed by atoms with Crippen molar-refractivity contribution in [3.05, 3.63) is 90.0 Å². The summed E-state index contributed by atoms with van der Waals surface area (Å²) in [6, 6.07) is 28.4. The zero-order chi connectivity index (χ0) is 25.0. The fourth-order valence-corrected chi connectivity index (χ4v) is 6.55. The van der Waals surface area contributed by atoms with Crippen LogP contribution in [0.2, 0.25) is 0 Å². The van der Waals surface area contributed by atoms with E-state index in [1.807, 2.05) is 12.1 Å². The molecule has 186 valence electrons. The Labute approximate surface area is 217 Å². The van der Waals surface area contributed by atoms with Crippen LogP contribution < -0.4 is 0 Å². The van der Waals surface area contributed by atoms with Crippen molar-refractivity contribution in [3.8, 4) is 28.0 Å². The molecule has 36 heavy (non-hydrogen) atoms. The second kappa shape index (κ2) is 10.9. The molecule has 1 nitrogen and oxygen atoms in total. The van der Waals surface area contributed by atoms with Crippen LogP contribution in [0.5, 0.6) is 5.75 Å². The number of fused-ring (bicyclic) bond motifs is 4. The van der Waals surface area contributed by atoms with E-state index < -0.39 is 0 Å². The number of benzene rings is 4. The summed E-state index contributed by atoms with van der Waals surface area (Å²) in [5, 5.41) is 13.3. The van der Waals surface area contributed by atoms with Crippen LogP contribution in [-0.2, 0) is 5.41 Å². The van der Waals surface area contributed by atoms with E-state index in [9.17, 15) is 5.11 Å². The molecule has 1 heteroatoms. The summed E-state index contributed by atoms with van der Waals surface area (Å²) in [6.07, 6.45) is 12.7. The number of aromatic hydroxyl groups is 1. The predicted octanol–water partition coefficient (Wildman–Crippen LogP) is 10.4. The van der Waals surface area contributed by atoms with Gasteiger partial charge in [0.25, 0.3) is 0 Å². The molecule has 0 unspecified atom stereocenters. The Kier molecular flexibility index (Phi) is 7.46. The van der Waals surface area contributed by atoms with E-state index in [0.717, 1.165) is 16.5 Å². The first-order chi connectivity index (χ1) is 17.7. The molecule has 4 aromatic rings. The Hall–Kier alpha value is -3.06. The van der Waals surface area contributed by atoms with Gasteiger partial charge in [0, 0.05) is 11.0 Å². The number of unbranched alkanes of at least 4 members (excludes halogenated alkanes) is 6. The topological polar surface area (TPSA) is 20.2 Å². The van der Waals surface area contributed by atoms with Gasteiger partial charge in [-0.3, -0.25) is 0 Å². The molecule has 0 amide bonds. The highest BCUT2D eigenvalue weighted by atomic mass is 16.3. The minimum atomic E-state index is 0.0591. The first-order valence-corrected chi connectivity index (χ1v) is 14.1. The minimum Gasteiger partial charge on any atom is -0.507 e. The molecule has 1 N–H and O–H groups in total. The van der Waals surface area contributed by atoms with Gasteiger partial charge in [-0.2, -0.15) is 0 Å². The van der Waals surface area contributed by atoms with Crippen molar-refractivity contribution in [2.24, 2.45) is 0 Å². The molecule has 0 fully saturated rings. The largest absolute Gasteiger partial charge is 0.507 e. The highest BCUT2D eigenvalue weighted by molar-refractivity contribution is 6.00. The van der Waals surface area contributed by atoms with E-state index in [1.165, 1.54) is 91.8 Å². The summed E-state index contributed by atoms with van der Waals surface area (Å²) >= 11 is 0. The van der Waals surface area contributed by atoms with Gasteiger partial charge >= 0.3 is 0 Å². The lowest BCUT2D eigenvalue weighted by atomic mass is 9.70. The molecule has 0 heterocycles. The summed E-state index contributed by atoms with van der Waals surface area (Å²) < 4.78 is 0. The van der Waals surface area contributed by atoms with E-state index in [0.29, 0.717) is 5.75 Å². The third-order valence-corrected chi connectivity index (χ3v) is 8.38. The highest BCUT2D eigenvalue weighted by Gasteiger charge is 2.42. The normalized spacial score (nSPS) is 13.6. The van der Waals surface area contributed by atoms with Gasteiger partial charge in [0.15, 0.2) is 0 Å². The van der Waals surface area contributed by atoms with Crippen LogP contribution in [0, 0.1) is 0 Å². The lowest BCUT2D eigenvalue weighted by molar-refractivity contribution is 0.401. The summed E-state index contributed by atoms with van der Waals surface area (Å²) in [4.78, 5) is 0. The fourth-order valence-electron chi connectivity index (χ4n) is 6.55. The number of phenolic OH excluding ortho intramolecular Hbond substituents is 1. The van der Waals surface area contributed by atoms with Crippen LogP contribution in [0.3, 0.4) is 0 Å². The Morgan fingerprint density at radius 1 is 0.611 bits per heavy atom. The zero-order valence-electron chi connectivity index (χ0n) is 22.0. The van der Waals surface area contributed by atoms with E-state index in [2.05, 4.69) is 80.6 Å². The summed E-state index contributed by atoms with van der Waals surface area (Å²) in [5.41, 5.74) is 7.94. The van der Waals surface area contributed by atoms with E-state index >= 15 is 0 Å². The van der Waals surface area contributed by atoms with Crippen LogP contribution in [0.1, 0.15) is 89.2 Å². The molecule has 0 saturated carbocycles. The van der Waals surface area contributed by atoms with Gasteiger partial charge in [0.05, 0.1) is 0 Å². The molecule has 0 aliphatic heterocycles. The van der Waals surface area contributed by atoms with Crippen molar-refractivity contribution in [1.29, 1.82) is 0 Å². The molecule has 4 aromatic carbocycles. The van der Waals surface area contributed by atoms with Crippen LogP contribution >= 0.6 is 0 Å². The Morgan fingerprint density at radius 3 is 2.03 bits per heavy atom. The molecule has 0 atom stereocenters. The maximum atomic E-state index is 11.0. The minimum absolute atomic E-state index is 0.0591. The van der Waals surface area contributed by atoms with Crippen LogP contribution in [-0.4, -0.2) is 5.11 Å². The number of hydrogen-bond acceptors (Lipinski definition) is 1. The van der Waals surface area contributed by atoms with Crippen molar-refractivity contribution in [1.82, 2.24) is 0 Å². The van der Waals surface area contributed by atoms with Crippen molar-refractivity contribution in [3.63, 3.8) is 0 Å². The van der Waals surface area contributed by atoms with Crippen LogP contribution in [0.25, 0.3) is 33.0 Å². The van der Waals surface area contributed by atoms with E-state index in [4.69, 9.17) is 0 Å². The summed E-state index contributed by atoms with van der Waals surface area (Å²) in [5.74, 6) is 0.362. The van der Waals surface area contributed by atoms with Crippen molar-refractivity contribution >= 4 is 10.8 Å². The maximum absolute atomic E-state index is 11.0. The van der Waals surface area contributed by atoms with Gasteiger partial charge in [0.1, 0.15) is 5.75 Å². The molecule has 1 aliphatic rings. The van der Waals surface area contributed by atoms with Gasteiger partial charge in [-0.25, -0.2) is 0 Å². The number of phenols is 1. The quantitative estimate of drug-likeness (QED) is 0.213. The van der Waals surface area contributed by atoms with Gasteiger partial charge in [-0.15, -0.1) is 0 Å². The first kappa shape index (κ1) is 24.6. The average molecular weight is 477 g/mol. The standard InChI is InChI=1S/C35H40O/c1-3-5-7-13-23-35(24-14-8-6-4-2)31-18-12-11-17-29(31)30-21-19-27(25-32(30)35)34-28-16-10-9-15-26(28)20-22-33(34)36/h9-12,15-22,25,36H,3-8,13-14,23-24H2,1-2H3. The molecule has 0 radical (unpaired) electrons. The van der Waals surface area contributed by atoms with Gasteiger partial charge < -0.3 is 5.11 Å². The lowest BCUT2D eigenvalue weighted by Crippen LogP contribution is -2.25. The summed E-state index contributed by atoms with van der Waals surface area (Å²) in [7, 11) is 0. The molecule has 5 rings (SSSR count). The van der Waals surface area contributed by atoms with E-state index in [1.54, 1.807) is 0 Å². The third-order valence-electron chi connectivity index (χ3n) is 8.38. The van der Waals surface area contributed by atoms with Crippen LogP contribution in [0.4, 0.5) is 0 Å². The Morgan fingerprint density at radius 2 is 1.28 bits per heavy atom. The molecule has 0 bridgehead atoms. The molecule has 1 aliphatic carbocycles. The maximum Gasteiger partial charge on any atom is 0.124 e. The van der Waals surface area contributed by atoms with E-state index in [-0.39, 0.29) is 5.41 Å². The van der Waals surface area contributed by atoms with Crippen molar-refractivity contribution in [2.45, 2.75) is 83.5 Å². The van der Waals surface area contributed by atoms with Crippen LogP contribution in [0.15, 0.2) is 78.9 Å². The molecule has 0 spiro atoms. The number of rotatable bonds is 11. The average Bonchev–Trinajstić information content (AvgIpc) is 3.18. The molecular weight excluding hydrogens is 436 g/mol. The lowest BCUT2D eigenvalue weighted by Gasteiger charge is -2.33. The second-order valence-corrected chi connectivity index (χ2v) is 10.7. The van der Waals surface area contributed by atoms with Gasteiger partial charge in [0.2, 0.25) is 0 Å². The smallest absolute Gasteiger partial charge is 0.124 e. The molecular formula is C35H40O. The SMILES string of the molecule is CCCCCCC1(CCCCCC)c2ccccc2-c2ccc(-c3c(O)ccc4ccccc34)cc21. The predicted molar refractivity (Wildman–Crippen MR) is 155 cm³/mol. The summed E-state index contributed by atoms with van der Waals surface area (Å²) in [6.45, 7) is 4.59. The Balaban J connectivity index is 1.65. The third kappa shape index (κ3) is 4.45. The monoisotopic (exact) mass is 476 g/mol. The fraction of sp³-hybridized carbons (Fsp3) is 0.371.